The number of hydrogen-bond donors (Lipinski definition) is 1. The van der Waals surface area contributed by atoms with Gasteiger partial charge in [0.05, 0.1) is 19.4 Å². The molecule has 1 unspecified atom stereocenters. The zero-order chi connectivity index (χ0) is 17.1. The minimum atomic E-state index is -1.02. The third-order valence-corrected chi connectivity index (χ3v) is 2.71. The third-order valence-electron chi connectivity index (χ3n) is 2.71. The van der Waals surface area contributed by atoms with Gasteiger partial charge in [0.25, 0.3) is 0 Å². The molecule has 1 rings (SSSR count). The number of aliphatic carboxylic acids is 1. The van der Waals surface area contributed by atoms with E-state index < -0.39 is 22.8 Å². The van der Waals surface area contributed by atoms with Gasteiger partial charge in [-0.2, -0.15) is 0 Å². The van der Waals surface area contributed by atoms with E-state index in [9.17, 15) is 19.7 Å². The van der Waals surface area contributed by atoms with E-state index in [1.54, 1.807) is 12.1 Å². The van der Waals surface area contributed by atoms with E-state index >= 15 is 0 Å². The van der Waals surface area contributed by atoms with Crippen LogP contribution in [0.4, 0.5) is 0 Å². The van der Waals surface area contributed by atoms with Crippen molar-refractivity contribution in [3.05, 3.63) is 58.2 Å². The van der Waals surface area contributed by atoms with E-state index in [1.165, 1.54) is 7.11 Å². The maximum absolute atomic E-state index is 10.6. The van der Waals surface area contributed by atoms with Gasteiger partial charge in [0, 0.05) is 11.0 Å². The molecule has 0 spiro atoms. The topological polar surface area (TPSA) is 107 Å². The molecule has 0 aliphatic heterocycles. The van der Waals surface area contributed by atoms with Crippen molar-refractivity contribution < 1.29 is 24.4 Å². The van der Waals surface area contributed by atoms with Crippen LogP contribution in [0.15, 0.2) is 36.9 Å². The Kier molecular flexibility index (Phi) is 8.85. The van der Waals surface area contributed by atoms with Gasteiger partial charge in [0.2, 0.25) is 6.54 Å². The molecule has 0 heterocycles. The van der Waals surface area contributed by atoms with E-state index in [-0.39, 0.29) is 13.0 Å². The lowest BCUT2D eigenvalue weighted by atomic mass is 9.95. The van der Waals surface area contributed by atoms with Crippen LogP contribution in [0.2, 0.25) is 0 Å². The molecule has 0 radical (unpaired) electrons. The van der Waals surface area contributed by atoms with Crippen LogP contribution in [0.25, 0.3) is 0 Å². The summed E-state index contributed by atoms with van der Waals surface area (Å²) in [6.07, 6.45) is 0.893. The summed E-state index contributed by atoms with van der Waals surface area (Å²) in [6, 6.07) is 7.13. The summed E-state index contributed by atoms with van der Waals surface area (Å²) in [6.45, 7) is 4.71. The Morgan fingerprint density at radius 3 is 2.27 bits per heavy atom. The molecule has 1 N–H and O–H groups in total. The van der Waals surface area contributed by atoms with Crippen LogP contribution >= 0.6 is 0 Å². The summed E-state index contributed by atoms with van der Waals surface area (Å²) in [7, 11) is 1.31. The number of methoxy groups -OCH3 is 1. The van der Waals surface area contributed by atoms with Gasteiger partial charge < -0.3 is 9.84 Å². The van der Waals surface area contributed by atoms with Crippen LogP contribution in [0.5, 0.6) is 0 Å². The van der Waals surface area contributed by atoms with Crippen LogP contribution in [-0.4, -0.2) is 35.6 Å². The number of benzene rings is 1. The molecule has 1 aromatic rings. The normalized spacial score (nSPS) is 10.6. The lowest BCUT2D eigenvalue weighted by Gasteiger charge is -2.10. The maximum atomic E-state index is 10.6. The fourth-order valence-electron chi connectivity index (χ4n) is 1.60. The molecule has 1 atom stereocenters. The average Bonchev–Trinajstić information content (AvgIpc) is 2.46. The highest BCUT2D eigenvalue weighted by Gasteiger charge is 2.20. The first-order chi connectivity index (χ1) is 10.3. The standard InChI is InChI=1S/C11H13NO4.C4H6O2/c1-8-2-4-9(5-3-8)10(6-11(13)14)7-12(15)16;1-3-4(5)6-2/h2-5,10H,6-7H2,1H3,(H,13,14);3H,1H2,2H3. The summed E-state index contributed by atoms with van der Waals surface area (Å²) >= 11 is 0. The predicted molar refractivity (Wildman–Crippen MR) is 80.2 cm³/mol. The molecule has 120 valence electrons. The fourth-order valence-corrected chi connectivity index (χ4v) is 1.60. The van der Waals surface area contributed by atoms with Crippen molar-refractivity contribution in [3.8, 4) is 0 Å². The van der Waals surface area contributed by atoms with Crippen LogP contribution in [0.3, 0.4) is 0 Å². The van der Waals surface area contributed by atoms with E-state index in [2.05, 4.69) is 11.3 Å². The lowest BCUT2D eigenvalue weighted by molar-refractivity contribution is -0.483. The van der Waals surface area contributed by atoms with Crippen molar-refractivity contribution in [3.63, 3.8) is 0 Å². The number of carbonyl (C=O) groups excluding carboxylic acids is 1. The number of hydrogen-bond acceptors (Lipinski definition) is 5. The Morgan fingerprint density at radius 2 is 1.95 bits per heavy atom. The summed E-state index contributed by atoms with van der Waals surface area (Å²) < 4.78 is 4.14. The van der Waals surface area contributed by atoms with Gasteiger partial charge in [0.15, 0.2) is 0 Å². The Hall–Kier alpha value is -2.70. The van der Waals surface area contributed by atoms with Crippen molar-refractivity contribution >= 4 is 11.9 Å². The maximum Gasteiger partial charge on any atom is 0.329 e. The van der Waals surface area contributed by atoms with E-state index in [4.69, 9.17) is 5.11 Å². The summed E-state index contributed by atoms with van der Waals surface area (Å²) in [5.74, 6) is -1.98. The minimum Gasteiger partial charge on any atom is -0.481 e. The number of ether oxygens (including phenoxy) is 1. The molecular formula is C15H19NO6. The Morgan fingerprint density at radius 1 is 1.41 bits per heavy atom. The van der Waals surface area contributed by atoms with Gasteiger partial charge in [-0.25, -0.2) is 4.79 Å². The van der Waals surface area contributed by atoms with Crippen LogP contribution in [0, 0.1) is 17.0 Å². The van der Waals surface area contributed by atoms with Crippen molar-refractivity contribution in [2.75, 3.05) is 13.7 Å². The fraction of sp³-hybridized carbons (Fsp3) is 0.333. The third kappa shape index (κ3) is 8.47. The second-order valence-electron chi connectivity index (χ2n) is 4.45. The van der Waals surface area contributed by atoms with Crippen molar-refractivity contribution in [1.82, 2.24) is 0 Å². The average molecular weight is 309 g/mol. The molecule has 22 heavy (non-hydrogen) atoms. The molecule has 0 aliphatic rings. The number of nitrogens with zero attached hydrogens (tertiary/aromatic N) is 1. The highest BCUT2D eigenvalue weighted by Crippen LogP contribution is 2.20. The first kappa shape index (κ1) is 19.3. The van der Waals surface area contributed by atoms with Crippen LogP contribution < -0.4 is 0 Å². The zero-order valence-electron chi connectivity index (χ0n) is 12.5. The van der Waals surface area contributed by atoms with Gasteiger partial charge in [-0.1, -0.05) is 36.4 Å². The molecule has 1 aromatic carbocycles. The number of nitro groups is 1. The predicted octanol–water partition coefficient (Wildman–Crippen LogP) is 2.18. The first-order valence-electron chi connectivity index (χ1n) is 6.40. The van der Waals surface area contributed by atoms with Crippen LogP contribution in [0.1, 0.15) is 23.5 Å². The molecular weight excluding hydrogens is 290 g/mol. The van der Waals surface area contributed by atoms with Crippen molar-refractivity contribution in [2.24, 2.45) is 0 Å². The smallest absolute Gasteiger partial charge is 0.329 e. The molecule has 0 amide bonds. The Labute approximate surface area is 128 Å². The van der Waals surface area contributed by atoms with E-state index in [1.807, 2.05) is 19.1 Å². The molecule has 0 saturated heterocycles. The minimum absolute atomic E-state index is 0.218. The second-order valence-corrected chi connectivity index (χ2v) is 4.45. The number of esters is 1. The lowest BCUT2D eigenvalue weighted by Crippen LogP contribution is -2.16. The molecule has 7 nitrogen and oxygen atoms in total. The summed E-state index contributed by atoms with van der Waals surface area (Å²) in [5.41, 5.74) is 1.74. The largest absolute Gasteiger partial charge is 0.481 e. The number of carbonyl (C=O) groups is 2. The number of rotatable bonds is 6. The van der Waals surface area contributed by atoms with E-state index in [0.717, 1.165) is 11.6 Å². The van der Waals surface area contributed by atoms with Crippen molar-refractivity contribution in [1.29, 1.82) is 0 Å². The Balaban J connectivity index is 0.000000626. The molecule has 0 fully saturated rings. The monoisotopic (exact) mass is 309 g/mol. The molecule has 0 bridgehead atoms. The molecule has 0 aliphatic carbocycles. The second kappa shape index (κ2) is 10.1. The molecule has 0 saturated carbocycles. The summed E-state index contributed by atoms with van der Waals surface area (Å²) in [5, 5.41) is 19.1. The van der Waals surface area contributed by atoms with Gasteiger partial charge in [-0.15, -0.1) is 0 Å². The highest BCUT2D eigenvalue weighted by atomic mass is 16.6. The van der Waals surface area contributed by atoms with Crippen LogP contribution in [-0.2, 0) is 14.3 Å². The van der Waals surface area contributed by atoms with E-state index in [0.29, 0.717) is 5.56 Å². The SMILES string of the molecule is C=CC(=O)OC.Cc1ccc(C(CC(=O)O)C[N+](=O)[O-])cc1. The molecule has 0 aromatic heterocycles. The quantitative estimate of drug-likeness (QED) is 0.373. The molecule has 7 heteroatoms. The van der Waals surface area contributed by atoms with Gasteiger partial charge in [-0.3, -0.25) is 14.9 Å². The highest BCUT2D eigenvalue weighted by molar-refractivity contribution is 5.80. The van der Waals surface area contributed by atoms with Gasteiger partial charge in [0.1, 0.15) is 0 Å². The van der Waals surface area contributed by atoms with Crippen molar-refractivity contribution in [2.45, 2.75) is 19.3 Å². The number of aryl methyl sites for hydroxylation is 1. The Bertz CT molecular complexity index is 507. The van der Waals surface area contributed by atoms with Gasteiger partial charge in [-0.05, 0) is 12.5 Å². The first-order valence-corrected chi connectivity index (χ1v) is 6.40. The summed E-state index contributed by atoms with van der Waals surface area (Å²) in [4.78, 5) is 30.4. The zero-order valence-corrected chi connectivity index (χ0v) is 12.5. The number of carboxylic acids is 1. The number of carboxylic acid groups (broad SMARTS) is 1. The van der Waals surface area contributed by atoms with Gasteiger partial charge >= 0.3 is 11.9 Å².